The average molecular weight is 1100 g/mol. The van der Waals surface area contributed by atoms with Crippen molar-refractivity contribution in [2.45, 2.75) is 309 Å². The number of unbranched alkanes of at least 4 members (excludes halogenated alkanes) is 28. The Bertz CT molecular complexity index is 1640. The van der Waals surface area contributed by atoms with E-state index in [-0.39, 0.29) is 31.6 Å². The first kappa shape index (κ1) is 74.8. The fraction of sp³-hybridized carbons (Fsp3) is 0.685. The highest BCUT2D eigenvalue weighted by Gasteiger charge is 2.19. The van der Waals surface area contributed by atoms with Crippen LogP contribution in [0.1, 0.15) is 303 Å². The smallest absolute Gasteiger partial charge is 0.306 e. The van der Waals surface area contributed by atoms with Gasteiger partial charge in [0.15, 0.2) is 6.10 Å². The SMILES string of the molecule is CC/C=C\C/C=C\C/C=C\C/C=C\C/C=C\C/C=C\CCC(=O)OC(COC(=O)CCCCCCCCC/C=C\CCCCCCCC)COC(=O)CCCCCCCCCCCC/C=C\C/C=C\C/C=C\CCCCCCC. The second-order valence-electron chi connectivity index (χ2n) is 21.6. The van der Waals surface area contributed by atoms with Gasteiger partial charge in [-0.05, 0) is 122 Å². The molecule has 0 radical (unpaired) electrons. The summed E-state index contributed by atoms with van der Waals surface area (Å²) in [4.78, 5) is 38.3. The molecule has 0 aromatic rings. The van der Waals surface area contributed by atoms with Crippen LogP contribution >= 0.6 is 0 Å². The third-order valence-electron chi connectivity index (χ3n) is 13.9. The number of rotatable bonds is 59. The lowest BCUT2D eigenvalue weighted by molar-refractivity contribution is -0.166. The highest BCUT2D eigenvalue weighted by molar-refractivity contribution is 5.71. The van der Waals surface area contributed by atoms with Crippen molar-refractivity contribution in [2.24, 2.45) is 0 Å². The molecule has 0 aliphatic rings. The van der Waals surface area contributed by atoms with Crippen LogP contribution < -0.4 is 0 Å². The van der Waals surface area contributed by atoms with Crippen LogP contribution in [0, 0.1) is 0 Å². The molecule has 0 rings (SSSR count). The Morgan fingerprint density at radius 1 is 0.266 bits per heavy atom. The van der Waals surface area contributed by atoms with E-state index in [0.29, 0.717) is 19.3 Å². The van der Waals surface area contributed by atoms with E-state index in [9.17, 15) is 14.4 Å². The standard InChI is InChI=1S/C73H122O6/c1-4-7-10-13-16-19-22-25-28-31-33-34-35-36-37-38-40-42-45-48-51-54-57-60-63-66-72(75)78-69-70(68-77-71(74)65-62-59-56-53-50-47-44-41-30-27-24-21-18-15-12-9-6-3)79-73(76)67-64-61-58-55-52-49-46-43-39-32-29-26-23-20-17-14-11-8-5-2/h8,11,17,20,22,25-27,29-31,33,35-36,39,43,49,52,58,61,70H,4-7,9-10,12-16,18-19,21,23-24,28,32,34,37-38,40-42,44-48,50-51,53-57,59-60,62-69H2,1-3H3/b11-8-,20-17-,25-22-,29-26-,30-27-,33-31-,36-35-,43-39-,52-49-,61-58-. The van der Waals surface area contributed by atoms with E-state index in [2.05, 4.69) is 136 Å². The Morgan fingerprint density at radius 2 is 0.519 bits per heavy atom. The van der Waals surface area contributed by atoms with E-state index in [1.54, 1.807) is 0 Å². The Kier molecular flexibility index (Phi) is 62.8. The molecule has 1 unspecified atom stereocenters. The Balaban J connectivity index is 4.46. The molecule has 0 aliphatic heterocycles. The van der Waals surface area contributed by atoms with Gasteiger partial charge in [0.25, 0.3) is 0 Å². The van der Waals surface area contributed by atoms with Gasteiger partial charge in [0.05, 0.1) is 0 Å². The summed E-state index contributed by atoms with van der Waals surface area (Å²) in [5, 5.41) is 0. The fourth-order valence-electron chi connectivity index (χ4n) is 9.00. The lowest BCUT2D eigenvalue weighted by atomic mass is 10.1. The van der Waals surface area contributed by atoms with Gasteiger partial charge >= 0.3 is 17.9 Å². The molecule has 0 aromatic carbocycles. The summed E-state index contributed by atoms with van der Waals surface area (Å²) >= 11 is 0. The van der Waals surface area contributed by atoms with Crippen molar-refractivity contribution in [1.82, 2.24) is 0 Å². The lowest BCUT2D eigenvalue weighted by Gasteiger charge is -2.18. The highest BCUT2D eigenvalue weighted by atomic mass is 16.6. The molecule has 0 aromatic heterocycles. The summed E-state index contributed by atoms with van der Waals surface area (Å²) < 4.78 is 16.9. The van der Waals surface area contributed by atoms with Gasteiger partial charge < -0.3 is 14.2 Å². The predicted octanol–water partition coefficient (Wildman–Crippen LogP) is 22.8. The van der Waals surface area contributed by atoms with Crippen molar-refractivity contribution in [3.63, 3.8) is 0 Å². The average Bonchev–Trinajstić information content (AvgIpc) is 3.45. The number of ether oxygens (including phenoxy) is 3. The number of hydrogen-bond donors (Lipinski definition) is 0. The molecule has 0 saturated heterocycles. The first-order valence-corrected chi connectivity index (χ1v) is 33.0. The van der Waals surface area contributed by atoms with Crippen LogP contribution in [-0.2, 0) is 28.6 Å². The zero-order valence-corrected chi connectivity index (χ0v) is 51.6. The monoisotopic (exact) mass is 1090 g/mol. The number of allylic oxidation sites excluding steroid dienone is 20. The van der Waals surface area contributed by atoms with Gasteiger partial charge in [0.1, 0.15) is 13.2 Å². The van der Waals surface area contributed by atoms with Crippen LogP contribution in [-0.4, -0.2) is 37.2 Å². The van der Waals surface area contributed by atoms with Crippen LogP contribution in [0.3, 0.4) is 0 Å². The van der Waals surface area contributed by atoms with Gasteiger partial charge in [-0.1, -0.05) is 284 Å². The second kappa shape index (κ2) is 66.3. The highest BCUT2D eigenvalue weighted by Crippen LogP contribution is 2.15. The molecule has 0 amide bonds. The number of carbonyl (C=O) groups is 3. The minimum absolute atomic E-state index is 0.113. The van der Waals surface area contributed by atoms with Gasteiger partial charge in [0.2, 0.25) is 0 Å². The molecular weight excluding hydrogens is 973 g/mol. The van der Waals surface area contributed by atoms with E-state index in [1.165, 1.54) is 167 Å². The van der Waals surface area contributed by atoms with Crippen LogP contribution in [0.2, 0.25) is 0 Å². The van der Waals surface area contributed by atoms with Gasteiger partial charge in [-0.25, -0.2) is 0 Å². The van der Waals surface area contributed by atoms with Crippen molar-refractivity contribution < 1.29 is 28.6 Å². The Labute approximate surface area is 488 Å². The van der Waals surface area contributed by atoms with E-state index < -0.39 is 12.1 Å². The Morgan fingerprint density at radius 3 is 0.835 bits per heavy atom. The van der Waals surface area contributed by atoms with E-state index in [0.717, 1.165) is 89.9 Å². The molecule has 0 saturated carbocycles. The predicted molar refractivity (Wildman–Crippen MR) is 343 cm³/mol. The molecule has 6 heteroatoms. The van der Waals surface area contributed by atoms with Gasteiger partial charge in [-0.15, -0.1) is 0 Å². The van der Waals surface area contributed by atoms with Crippen LogP contribution in [0.4, 0.5) is 0 Å². The number of hydrogen-bond acceptors (Lipinski definition) is 6. The molecule has 0 fully saturated rings. The summed E-state index contributed by atoms with van der Waals surface area (Å²) in [6.45, 7) is 6.46. The molecule has 1 atom stereocenters. The molecule has 450 valence electrons. The largest absolute Gasteiger partial charge is 0.462 e. The molecule has 0 spiro atoms. The van der Waals surface area contributed by atoms with E-state index >= 15 is 0 Å². The zero-order chi connectivity index (χ0) is 57.1. The van der Waals surface area contributed by atoms with Crippen LogP contribution in [0.15, 0.2) is 122 Å². The zero-order valence-electron chi connectivity index (χ0n) is 51.6. The molecule has 6 nitrogen and oxygen atoms in total. The first-order chi connectivity index (χ1) is 39.0. The third kappa shape index (κ3) is 64.5. The molecule has 79 heavy (non-hydrogen) atoms. The maximum Gasteiger partial charge on any atom is 0.306 e. The van der Waals surface area contributed by atoms with Crippen molar-refractivity contribution >= 4 is 17.9 Å². The van der Waals surface area contributed by atoms with Gasteiger partial charge in [0, 0.05) is 19.3 Å². The number of carbonyl (C=O) groups excluding carboxylic acids is 3. The summed E-state index contributed by atoms with van der Waals surface area (Å²) in [5.74, 6) is -1.00. The topological polar surface area (TPSA) is 78.9 Å². The molecule has 0 bridgehead atoms. The summed E-state index contributed by atoms with van der Waals surface area (Å²) in [5.41, 5.74) is 0. The molecule has 0 heterocycles. The summed E-state index contributed by atoms with van der Waals surface area (Å²) in [7, 11) is 0. The maximum atomic E-state index is 12.9. The van der Waals surface area contributed by atoms with Gasteiger partial charge in [-0.2, -0.15) is 0 Å². The van der Waals surface area contributed by atoms with E-state index in [4.69, 9.17) is 14.2 Å². The number of esters is 3. The lowest BCUT2D eigenvalue weighted by Crippen LogP contribution is -2.30. The fourth-order valence-corrected chi connectivity index (χ4v) is 9.00. The Hall–Kier alpha value is -4.19. The van der Waals surface area contributed by atoms with Crippen LogP contribution in [0.25, 0.3) is 0 Å². The minimum atomic E-state index is -0.827. The maximum absolute atomic E-state index is 12.9. The van der Waals surface area contributed by atoms with Crippen molar-refractivity contribution in [2.75, 3.05) is 13.2 Å². The van der Waals surface area contributed by atoms with Crippen molar-refractivity contribution in [3.05, 3.63) is 122 Å². The van der Waals surface area contributed by atoms with Gasteiger partial charge in [-0.3, -0.25) is 14.4 Å². The molecule has 0 N–H and O–H groups in total. The van der Waals surface area contributed by atoms with Crippen LogP contribution in [0.5, 0.6) is 0 Å². The first-order valence-electron chi connectivity index (χ1n) is 33.0. The van der Waals surface area contributed by atoms with E-state index in [1.807, 2.05) is 6.08 Å². The molecule has 0 aliphatic carbocycles. The second-order valence-corrected chi connectivity index (χ2v) is 21.6. The van der Waals surface area contributed by atoms with Crippen molar-refractivity contribution in [1.29, 1.82) is 0 Å². The quantitative estimate of drug-likeness (QED) is 0.0261. The minimum Gasteiger partial charge on any atom is -0.462 e. The summed E-state index contributed by atoms with van der Waals surface area (Å²) in [6, 6.07) is 0. The third-order valence-corrected chi connectivity index (χ3v) is 13.9. The van der Waals surface area contributed by atoms with Crippen molar-refractivity contribution in [3.8, 4) is 0 Å². The molecular formula is C73H122O6. The normalized spacial score (nSPS) is 12.9. The summed E-state index contributed by atoms with van der Waals surface area (Å²) in [6.07, 6.45) is 92.2.